The molecule has 24 heavy (non-hydrogen) atoms. The zero-order valence-electron chi connectivity index (χ0n) is 12.7. The Morgan fingerprint density at radius 1 is 0.583 bits per heavy atom. The SMILES string of the molecule is O=c1[nH]c(-c2ccccc2)cc2cc(-c3ccccc3)[nH]c(=O)c12. The molecule has 2 heterocycles. The standard InChI is InChI=1S/C20H14N2O2/c23-19-18-15(11-16(21-19)13-7-3-1-4-8-13)12-17(22-20(18)24)14-9-5-2-6-10-14/h1-12H,(H,21,23)(H,22,24). The Labute approximate surface area is 137 Å². The van der Waals surface area contributed by atoms with Crippen LogP contribution in [0.4, 0.5) is 0 Å². The summed E-state index contributed by atoms with van der Waals surface area (Å²) in [4.78, 5) is 30.3. The summed E-state index contributed by atoms with van der Waals surface area (Å²) in [6, 6.07) is 22.8. The van der Waals surface area contributed by atoms with Gasteiger partial charge in [-0.2, -0.15) is 0 Å². The van der Waals surface area contributed by atoms with E-state index in [1.807, 2.05) is 72.8 Å². The van der Waals surface area contributed by atoms with Gasteiger partial charge < -0.3 is 9.97 Å². The van der Waals surface area contributed by atoms with E-state index in [1.54, 1.807) is 0 Å². The number of aromatic nitrogens is 2. The van der Waals surface area contributed by atoms with Gasteiger partial charge in [-0.3, -0.25) is 9.59 Å². The second-order valence-electron chi connectivity index (χ2n) is 5.59. The van der Waals surface area contributed by atoms with Gasteiger partial charge in [0.15, 0.2) is 0 Å². The van der Waals surface area contributed by atoms with E-state index in [-0.39, 0.29) is 16.5 Å². The minimum atomic E-state index is -0.382. The van der Waals surface area contributed by atoms with E-state index in [4.69, 9.17) is 0 Å². The highest BCUT2D eigenvalue weighted by atomic mass is 16.1. The Morgan fingerprint density at radius 2 is 1.00 bits per heavy atom. The normalized spacial score (nSPS) is 10.8. The van der Waals surface area contributed by atoms with Crippen molar-refractivity contribution < 1.29 is 0 Å². The molecule has 2 aromatic heterocycles. The van der Waals surface area contributed by atoms with Gasteiger partial charge in [0.25, 0.3) is 11.1 Å². The van der Waals surface area contributed by atoms with Crippen LogP contribution in [0, 0.1) is 0 Å². The highest BCUT2D eigenvalue weighted by molar-refractivity contribution is 5.87. The van der Waals surface area contributed by atoms with Gasteiger partial charge in [-0.05, 0) is 28.6 Å². The molecule has 0 spiro atoms. The van der Waals surface area contributed by atoms with Gasteiger partial charge in [0.2, 0.25) is 0 Å². The van der Waals surface area contributed by atoms with Crippen molar-refractivity contribution in [2.75, 3.05) is 0 Å². The number of hydrogen-bond acceptors (Lipinski definition) is 2. The lowest BCUT2D eigenvalue weighted by atomic mass is 10.1. The zero-order valence-corrected chi connectivity index (χ0v) is 12.7. The van der Waals surface area contributed by atoms with Crippen molar-refractivity contribution in [3.05, 3.63) is 93.5 Å². The number of H-pyrrole nitrogens is 2. The molecule has 4 heteroatoms. The summed E-state index contributed by atoms with van der Waals surface area (Å²) in [6.45, 7) is 0. The lowest BCUT2D eigenvalue weighted by molar-refractivity contribution is 1.22. The van der Waals surface area contributed by atoms with Crippen LogP contribution in [-0.2, 0) is 0 Å². The molecule has 0 atom stereocenters. The molecular weight excluding hydrogens is 300 g/mol. The van der Waals surface area contributed by atoms with Crippen LogP contribution in [0.1, 0.15) is 0 Å². The molecule has 4 rings (SSSR count). The summed E-state index contributed by atoms with van der Waals surface area (Å²) in [5.74, 6) is 0. The van der Waals surface area contributed by atoms with Gasteiger partial charge in [0.05, 0.1) is 0 Å². The molecular formula is C20H14N2O2. The van der Waals surface area contributed by atoms with E-state index in [2.05, 4.69) is 9.97 Å². The summed E-state index contributed by atoms with van der Waals surface area (Å²) in [5, 5.41) is 0.773. The molecule has 0 aliphatic rings. The second-order valence-corrected chi connectivity index (χ2v) is 5.59. The van der Waals surface area contributed by atoms with Crippen LogP contribution in [0.15, 0.2) is 82.4 Å². The fourth-order valence-corrected chi connectivity index (χ4v) is 2.85. The quantitative estimate of drug-likeness (QED) is 0.594. The predicted molar refractivity (Wildman–Crippen MR) is 96.1 cm³/mol. The van der Waals surface area contributed by atoms with Crippen molar-refractivity contribution in [1.82, 2.24) is 9.97 Å². The molecule has 0 saturated heterocycles. The number of rotatable bonds is 2. The number of hydrogen-bond donors (Lipinski definition) is 2. The van der Waals surface area contributed by atoms with Crippen molar-refractivity contribution in [1.29, 1.82) is 0 Å². The van der Waals surface area contributed by atoms with Crippen molar-refractivity contribution in [3.8, 4) is 22.5 Å². The van der Waals surface area contributed by atoms with E-state index in [1.165, 1.54) is 0 Å². The molecule has 2 N–H and O–H groups in total. The highest BCUT2D eigenvalue weighted by Gasteiger charge is 2.10. The van der Waals surface area contributed by atoms with E-state index in [9.17, 15) is 9.59 Å². The first-order valence-corrected chi connectivity index (χ1v) is 7.63. The second kappa shape index (κ2) is 5.66. The number of nitrogens with one attached hydrogen (secondary N) is 2. The van der Waals surface area contributed by atoms with E-state index < -0.39 is 0 Å². The largest absolute Gasteiger partial charge is 0.321 e. The molecule has 4 aromatic rings. The lowest BCUT2D eigenvalue weighted by Crippen LogP contribution is -2.19. The Balaban J connectivity index is 1.99. The van der Waals surface area contributed by atoms with Crippen LogP contribution in [0.2, 0.25) is 0 Å². The Morgan fingerprint density at radius 3 is 1.42 bits per heavy atom. The summed E-state index contributed by atoms with van der Waals surface area (Å²) in [7, 11) is 0. The Bertz CT molecular complexity index is 1040. The minimum Gasteiger partial charge on any atom is -0.321 e. The third-order valence-corrected chi connectivity index (χ3v) is 4.01. The fourth-order valence-electron chi connectivity index (χ4n) is 2.85. The lowest BCUT2D eigenvalue weighted by Gasteiger charge is -2.06. The maximum absolute atomic E-state index is 12.4. The maximum atomic E-state index is 12.4. The first-order chi connectivity index (χ1) is 11.7. The first kappa shape index (κ1) is 14.2. The molecule has 116 valence electrons. The summed E-state index contributed by atoms with van der Waals surface area (Å²) in [6.07, 6.45) is 0. The molecule has 0 amide bonds. The van der Waals surface area contributed by atoms with Crippen LogP contribution in [0.3, 0.4) is 0 Å². The average molecular weight is 314 g/mol. The molecule has 0 unspecified atom stereocenters. The zero-order chi connectivity index (χ0) is 16.5. The number of benzene rings is 2. The van der Waals surface area contributed by atoms with Gasteiger partial charge in [0, 0.05) is 11.4 Å². The molecule has 0 radical (unpaired) electrons. The van der Waals surface area contributed by atoms with Crippen LogP contribution in [0.25, 0.3) is 33.3 Å². The van der Waals surface area contributed by atoms with Gasteiger partial charge in [-0.15, -0.1) is 0 Å². The van der Waals surface area contributed by atoms with Crippen LogP contribution in [0.5, 0.6) is 0 Å². The Kier molecular flexibility index (Phi) is 3.35. The van der Waals surface area contributed by atoms with Crippen LogP contribution in [-0.4, -0.2) is 9.97 Å². The number of fused-ring (bicyclic) bond motifs is 1. The number of aromatic amines is 2. The summed E-state index contributed by atoms with van der Waals surface area (Å²) >= 11 is 0. The molecule has 0 fully saturated rings. The molecule has 0 aliphatic carbocycles. The third kappa shape index (κ3) is 2.44. The van der Waals surface area contributed by atoms with Gasteiger partial charge >= 0.3 is 0 Å². The smallest absolute Gasteiger partial charge is 0.261 e. The Hall–Kier alpha value is -3.40. The molecule has 0 aliphatic heterocycles. The third-order valence-electron chi connectivity index (χ3n) is 4.01. The molecule has 2 aromatic carbocycles. The van der Waals surface area contributed by atoms with Gasteiger partial charge in [-0.25, -0.2) is 0 Å². The van der Waals surface area contributed by atoms with Crippen LogP contribution < -0.4 is 11.1 Å². The monoisotopic (exact) mass is 314 g/mol. The predicted octanol–water partition coefficient (Wildman–Crippen LogP) is 3.55. The van der Waals surface area contributed by atoms with E-state index in [0.29, 0.717) is 16.8 Å². The number of pyridine rings is 2. The molecule has 4 nitrogen and oxygen atoms in total. The first-order valence-electron chi connectivity index (χ1n) is 7.63. The topological polar surface area (TPSA) is 65.7 Å². The molecule has 0 saturated carbocycles. The summed E-state index contributed by atoms with van der Waals surface area (Å²) in [5.41, 5.74) is 2.42. The average Bonchev–Trinajstić information content (AvgIpc) is 2.62. The van der Waals surface area contributed by atoms with Crippen molar-refractivity contribution in [2.24, 2.45) is 0 Å². The van der Waals surface area contributed by atoms with Crippen molar-refractivity contribution >= 4 is 10.8 Å². The van der Waals surface area contributed by atoms with Crippen molar-refractivity contribution in [2.45, 2.75) is 0 Å². The maximum Gasteiger partial charge on any atom is 0.261 e. The summed E-state index contributed by atoms with van der Waals surface area (Å²) < 4.78 is 0. The fraction of sp³-hybridized carbons (Fsp3) is 0. The van der Waals surface area contributed by atoms with E-state index in [0.717, 1.165) is 11.1 Å². The van der Waals surface area contributed by atoms with E-state index >= 15 is 0 Å². The highest BCUT2D eigenvalue weighted by Crippen LogP contribution is 2.22. The van der Waals surface area contributed by atoms with Gasteiger partial charge in [-0.1, -0.05) is 60.7 Å². The minimum absolute atomic E-state index is 0.148. The molecule has 0 bridgehead atoms. The van der Waals surface area contributed by atoms with Crippen LogP contribution >= 0.6 is 0 Å². The van der Waals surface area contributed by atoms with Gasteiger partial charge in [0.1, 0.15) is 5.39 Å². The van der Waals surface area contributed by atoms with Crippen molar-refractivity contribution in [3.63, 3.8) is 0 Å².